The average Bonchev–Trinajstić information content (AvgIpc) is 2.93. The van der Waals surface area contributed by atoms with Crippen LogP contribution < -0.4 is 5.32 Å². The van der Waals surface area contributed by atoms with Crippen LogP contribution in [-0.4, -0.2) is 41.5 Å². The van der Waals surface area contributed by atoms with E-state index in [-0.39, 0.29) is 0 Å². The minimum Gasteiger partial charge on any atom is -0.357 e. The smallest absolute Gasteiger partial charge is 0.206 e. The zero-order valence-corrected chi connectivity index (χ0v) is 11.2. The fourth-order valence-electron chi connectivity index (χ4n) is 1.49. The molecule has 96 valence electrons. The van der Waals surface area contributed by atoms with Crippen molar-refractivity contribution in [1.82, 2.24) is 35.5 Å². The number of rotatable bonds is 4. The molecule has 1 N–H and O–H groups in total. The molecule has 0 aromatic carbocycles. The SMILES string of the molecule is c1cc2nnnn2nc1Sc1nnc(NC2CC2)s1. The van der Waals surface area contributed by atoms with Crippen molar-refractivity contribution in [3.63, 3.8) is 0 Å². The van der Waals surface area contributed by atoms with E-state index in [1.807, 2.05) is 12.1 Å². The van der Waals surface area contributed by atoms with Gasteiger partial charge in [-0.3, -0.25) is 0 Å². The van der Waals surface area contributed by atoms with Crippen molar-refractivity contribution in [3.8, 4) is 0 Å². The Hall–Kier alpha value is -1.81. The van der Waals surface area contributed by atoms with Gasteiger partial charge in [-0.2, -0.15) is 0 Å². The van der Waals surface area contributed by atoms with Gasteiger partial charge in [0.1, 0.15) is 5.03 Å². The van der Waals surface area contributed by atoms with Crippen LogP contribution in [0.4, 0.5) is 5.13 Å². The normalized spacial score (nSPS) is 14.9. The molecule has 0 saturated heterocycles. The third-order valence-corrected chi connectivity index (χ3v) is 4.38. The first-order valence-electron chi connectivity index (χ1n) is 5.70. The number of anilines is 1. The standard InChI is InChI=1S/C9H8N8S2/c1-2-5(1)10-8-12-13-9(19-8)18-7-4-3-6-11-15-16-17(6)14-7/h3-5H,1-2H2,(H,10,12). The molecule has 0 radical (unpaired) electrons. The number of fused-ring (bicyclic) bond motifs is 1. The Balaban J connectivity index is 1.54. The molecule has 10 heteroatoms. The molecule has 0 atom stereocenters. The van der Waals surface area contributed by atoms with Gasteiger partial charge in [0.25, 0.3) is 0 Å². The lowest BCUT2D eigenvalue weighted by atomic mass is 10.6. The van der Waals surface area contributed by atoms with E-state index in [0.29, 0.717) is 11.7 Å². The lowest BCUT2D eigenvalue weighted by Crippen LogP contribution is -1.99. The maximum Gasteiger partial charge on any atom is 0.206 e. The first-order chi connectivity index (χ1) is 9.37. The van der Waals surface area contributed by atoms with Gasteiger partial charge in [-0.25, -0.2) is 0 Å². The molecule has 3 aromatic rings. The molecule has 0 unspecified atom stereocenters. The summed E-state index contributed by atoms with van der Waals surface area (Å²) in [5.74, 6) is 0. The largest absolute Gasteiger partial charge is 0.357 e. The Morgan fingerprint density at radius 3 is 3.11 bits per heavy atom. The Morgan fingerprint density at radius 1 is 1.26 bits per heavy atom. The summed E-state index contributed by atoms with van der Waals surface area (Å²) in [6.07, 6.45) is 2.44. The van der Waals surface area contributed by atoms with Gasteiger partial charge in [0, 0.05) is 6.04 Å². The van der Waals surface area contributed by atoms with Crippen LogP contribution in [0.2, 0.25) is 0 Å². The van der Waals surface area contributed by atoms with Gasteiger partial charge >= 0.3 is 0 Å². The summed E-state index contributed by atoms with van der Waals surface area (Å²) in [4.78, 5) is 0. The summed E-state index contributed by atoms with van der Waals surface area (Å²) in [5, 5.41) is 28.6. The van der Waals surface area contributed by atoms with E-state index in [2.05, 4.69) is 36.1 Å². The van der Waals surface area contributed by atoms with Crippen LogP contribution in [0.3, 0.4) is 0 Å². The van der Waals surface area contributed by atoms with Crippen LogP contribution in [0.15, 0.2) is 21.5 Å². The summed E-state index contributed by atoms with van der Waals surface area (Å²) in [6, 6.07) is 4.27. The van der Waals surface area contributed by atoms with Crippen LogP contribution in [0, 0.1) is 0 Å². The second-order valence-electron chi connectivity index (χ2n) is 4.09. The number of nitrogens with zero attached hydrogens (tertiary/aromatic N) is 7. The zero-order chi connectivity index (χ0) is 12.7. The molecule has 8 nitrogen and oxygen atoms in total. The van der Waals surface area contributed by atoms with Crippen molar-refractivity contribution in [2.24, 2.45) is 0 Å². The van der Waals surface area contributed by atoms with Crippen molar-refractivity contribution in [2.45, 2.75) is 28.2 Å². The summed E-state index contributed by atoms with van der Waals surface area (Å²) < 4.78 is 2.25. The van der Waals surface area contributed by atoms with E-state index in [4.69, 9.17) is 0 Å². The van der Waals surface area contributed by atoms with Gasteiger partial charge in [0.15, 0.2) is 9.99 Å². The van der Waals surface area contributed by atoms with Crippen LogP contribution in [0.1, 0.15) is 12.8 Å². The molecule has 0 spiro atoms. The predicted octanol–water partition coefficient (Wildman–Crippen LogP) is 1.10. The van der Waals surface area contributed by atoms with Crippen molar-refractivity contribution in [1.29, 1.82) is 0 Å². The summed E-state index contributed by atoms with van der Waals surface area (Å²) >= 11 is 2.98. The van der Waals surface area contributed by atoms with Crippen LogP contribution >= 0.6 is 23.1 Å². The van der Waals surface area contributed by atoms with E-state index in [1.165, 1.54) is 40.6 Å². The highest BCUT2D eigenvalue weighted by molar-refractivity contribution is 8.01. The minimum atomic E-state index is 0.585. The third kappa shape index (κ3) is 2.36. The Morgan fingerprint density at radius 2 is 2.21 bits per heavy atom. The third-order valence-electron chi connectivity index (χ3n) is 2.55. The highest BCUT2D eigenvalue weighted by Crippen LogP contribution is 2.32. The van der Waals surface area contributed by atoms with Gasteiger partial charge < -0.3 is 5.32 Å². The van der Waals surface area contributed by atoms with Crippen molar-refractivity contribution in [3.05, 3.63) is 12.1 Å². The zero-order valence-electron chi connectivity index (χ0n) is 9.59. The number of hydrogen-bond acceptors (Lipinski definition) is 9. The molecule has 1 saturated carbocycles. The maximum atomic E-state index is 4.28. The molecule has 3 heterocycles. The highest BCUT2D eigenvalue weighted by Gasteiger charge is 2.22. The quantitative estimate of drug-likeness (QED) is 0.764. The van der Waals surface area contributed by atoms with E-state index in [9.17, 15) is 0 Å². The van der Waals surface area contributed by atoms with Gasteiger partial charge in [-0.05, 0) is 47.2 Å². The average molecular weight is 292 g/mol. The number of aromatic nitrogens is 7. The topological polar surface area (TPSA) is 93.8 Å². The molecule has 1 aliphatic carbocycles. The first kappa shape index (κ1) is 11.1. The Labute approximate surface area is 115 Å². The van der Waals surface area contributed by atoms with Gasteiger partial charge in [-0.1, -0.05) is 11.3 Å². The second kappa shape index (κ2) is 4.38. The van der Waals surface area contributed by atoms with Gasteiger partial charge in [0.2, 0.25) is 5.13 Å². The van der Waals surface area contributed by atoms with E-state index in [1.54, 1.807) is 0 Å². The molecule has 3 aromatic heterocycles. The lowest BCUT2D eigenvalue weighted by Gasteiger charge is -1.96. The van der Waals surface area contributed by atoms with Crippen LogP contribution in [0.25, 0.3) is 5.65 Å². The fraction of sp³-hybridized carbons (Fsp3) is 0.333. The van der Waals surface area contributed by atoms with E-state index < -0.39 is 0 Å². The lowest BCUT2D eigenvalue weighted by molar-refractivity contribution is 0.702. The maximum absolute atomic E-state index is 4.28. The molecule has 0 amide bonds. The molecular formula is C9H8N8S2. The van der Waals surface area contributed by atoms with Crippen molar-refractivity contribution < 1.29 is 0 Å². The van der Waals surface area contributed by atoms with Crippen molar-refractivity contribution in [2.75, 3.05) is 5.32 Å². The first-order valence-corrected chi connectivity index (χ1v) is 7.33. The molecule has 1 fully saturated rings. The van der Waals surface area contributed by atoms with Crippen LogP contribution in [0.5, 0.6) is 0 Å². The molecule has 0 bridgehead atoms. The number of tetrazole rings is 1. The molecule has 0 aliphatic heterocycles. The number of hydrogen-bond donors (Lipinski definition) is 1. The van der Waals surface area contributed by atoms with E-state index in [0.717, 1.165) is 14.5 Å². The molecule has 1 aliphatic rings. The second-order valence-corrected chi connectivity index (χ2v) is 6.34. The summed E-state index contributed by atoms with van der Waals surface area (Å²) in [5.41, 5.74) is 0.623. The summed E-state index contributed by atoms with van der Waals surface area (Å²) in [7, 11) is 0. The molecule has 4 rings (SSSR count). The number of nitrogens with one attached hydrogen (secondary N) is 1. The Bertz CT molecular complexity index is 718. The molecule has 19 heavy (non-hydrogen) atoms. The van der Waals surface area contributed by atoms with Crippen molar-refractivity contribution >= 4 is 33.9 Å². The fourth-order valence-corrected chi connectivity index (χ4v) is 3.22. The summed E-state index contributed by atoms with van der Waals surface area (Å²) in [6.45, 7) is 0. The Kier molecular flexibility index (Phi) is 2.55. The van der Waals surface area contributed by atoms with Gasteiger partial charge in [0.05, 0.1) is 0 Å². The van der Waals surface area contributed by atoms with E-state index >= 15 is 0 Å². The predicted molar refractivity (Wildman–Crippen MR) is 69.3 cm³/mol. The monoisotopic (exact) mass is 292 g/mol. The van der Waals surface area contributed by atoms with Crippen LogP contribution in [-0.2, 0) is 0 Å². The highest BCUT2D eigenvalue weighted by atomic mass is 32.2. The minimum absolute atomic E-state index is 0.585. The van der Waals surface area contributed by atoms with Gasteiger partial charge in [-0.15, -0.1) is 25.0 Å². The molecular weight excluding hydrogens is 284 g/mol.